The highest BCUT2D eigenvalue weighted by Crippen LogP contribution is 2.47. The predicted molar refractivity (Wildman–Crippen MR) is 69.8 cm³/mol. The highest BCUT2D eigenvalue weighted by Gasteiger charge is 2.41. The van der Waals surface area contributed by atoms with Crippen LogP contribution in [0.3, 0.4) is 0 Å². The standard InChI is InChI=1S/C13H15BrFNO2/c14-10-7-9(1-2-11(10)15)12(18)16-8-13(3-4-13)5-6-17/h1-2,7,17H,3-6,8H2,(H,16,18). The molecule has 0 radical (unpaired) electrons. The first kappa shape index (κ1) is 13.5. The van der Waals surface area contributed by atoms with E-state index in [0.717, 1.165) is 19.3 Å². The summed E-state index contributed by atoms with van der Waals surface area (Å²) in [4.78, 5) is 11.9. The van der Waals surface area contributed by atoms with E-state index < -0.39 is 0 Å². The van der Waals surface area contributed by atoms with E-state index in [4.69, 9.17) is 5.11 Å². The van der Waals surface area contributed by atoms with Crippen LogP contribution in [0.4, 0.5) is 4.39 Å². The van der Waals surface area contributed by atoms with E-state index >= 15 is 0 Å². The van der Waals surface area contributed by atoms with Gasteiger partial charge in [0.2, 0.25) is 0 Å². The third-order valence-corrected chi connectivity index (χ3v) is 4.01. The van der Waals surface area contributed by atoms with Gasteiger partial charge in [-0.05, 0) is 58.8 Å². The summed E-state index contributed by atoms with van der Waals surface area (Å²) in [6.07, 6.45) is 2.81. The fraction of sp³-hybridized carbons (Fsp3) is 0.462. The Balaban J connectivity index is 1.93. The van der Waals surface area contributed by atoms with Crippen molar-refractivity contribution in [2.45, 2.75) is 19.3 Å². The molecule has 0 bridgehead atoms. The molecular weight excluding hydrogens is 301 g/mol. The molecule has 5 heteroatoms. The second-order valence-corrected chi connectivity index (χ2v) is 5.64. The lowest BCUT2D eigenvalue weighted by molar-refractivity contribution is 0.0940. The average Bonchev–Trinajstić information content (AvgIpc) is 3.11. The highest BCUT2D eigenvalue weighted by molar-refractivity contribution is 9.10. The number of hydrogen-bond donors (Lipinski definition) is 2. The third kappa shape index (κ3) is 3.09. The molecule has 1 fully saturated rings. The molecule has 1 aromatic rings. The first-order chi connectivity index (χ1) is 8.56. The van der Waals surface area contributed by atoms with E-state index in [9.17, 15) is 9.18 Å². The molecule has 1 saturated carbocycles. The summed E-state index contributed by atoms with van der Waals surface area (Å²) in [5, 5.41) is 11.8. The van der Waals surface area contributed by atoms with Gasteiger partial charge in [0.25, 0.3) is 5.91 Å². The minimum Gasteiger partial charge on any atom is -0.396 e. The van der Waals surface area contributed by atoms with Gasteiger partial charge in [-0.2, -0.15) is 0 Å². The number of aliphatic hydroxyl groups excluding tert-OH is 1. The van der Waals surface area contributed by atoms with Crippen molar-refractivity contribution in [1.82, 2.24) is 5.32 Å². The Labute approximate surface area is 114 Å². The molecule has 2 rings (SSSR count). The molecule has 3 nitrogen and oxygen atoms in total. The first-order valence-electron chi connectivity index (χ1n) is 5.90. The molecule has 0 atom stereocenters. The van der Waals surface area contributed by atoms with Gasteiger partial charge in [-0.1, -0.05) is 0 Å². The number of aliphatic hydroxyl groups is 1. The van der Waals surface area contributed by atoms with E-state index in [-0.39, 0.29) is 28.2 Å². The molecule has 0 unspecified atom stereocenters. The van der Waals surface area contributed by atoms with Crippen molar-refractivity contribution in [3.8, 4) is 0 Å². The van der Waals surface area contributed by atoms with Crippen LogP contribution >= 0.6 is 15.9 Å². The quantitative estimate of drug-likeness (QED) is 0.877. The number of nitrogens with one attached hydrogen (secondary N) is 1. The molecule has 0 aliphatic heterocycles. The topological polar surface area (TPSA) is 49.3 Å². The second-order valence-electron chi connectivity index (χ2n) is 4.79. The predicted octanol–water partition coefficient (Wildman–Crippen LogP) is 2.48. The fourth-order valence-electron chi connectivity index (χ4n) is 1.94. The summed E-state index contributed by atoms with van der Waals surface area (Å²) in [6, 6.07) is 4.19. The lowest BCUT2D eigenvalue weighted by atomic mass is 10.0. The van der Waals surface area contributed by atoms with Gasteiger partial charge in [0.05, 0.1) is 4.47 Å². The molecule has 0 heterocycles. The number of halogens is 2. The molecule has 1 aliphatic rings. The van der Waals surface area contributed by atoms with Crippen molar-refractivity contribution in [1.29, 1.82) is 0 Å². The zero-order valence-corrected chi connectivity index (χ0v) is 11.5. The van der Waals surface area contributed by atoms with Crippen LogP contribution in [0.2, 0.25) is 0 Å². The Bertz CT molecular complexity index is 460. The van der Waals surface area contributed by atoms with Gasteiger partial charge in [-0.15, -0.1) is 0 Å². The van der Waals surface area contributed by atoms with Crippen molar-refractivity contribution < 1.29 is 14.3 Å². The maximum atomic E-state index is 13.0. The number of rotatable bonds is 5. The molecule has 0 spiro atoms. The first-order valence-corrected chi connectivity index (χ1v) is 6.70. The van der Waals surface area contributed by atoms with Crippen LogP contribution in [0.1, 0.15) is 29.6 Å². The summed E-state index contributed by atoms with van der Waals surface area (Å²) in [5.74, 6) is -0.592. The molecule has 0 aromatic heterocycles. The van der Waals surface area contributed by atoms with Crippen molar-refractivity contribution in [2.24, 2.45) is 5.41 Å². The summed E-state index contributed by atoms with van der Waals surface area (Å²) < 4.78 is 13.3. The van der Waals surface area contributed by atoms with Gasteiger partial charge < -0.3 is 10.4 Å². The van der Waals surface area contributed by atoms with E-state index in [2.05, 4.69) is 21.2 Å². The molecule has 2 N–H and O–H groups in total. The number of hydrogen-bond acceptors (Lipinski definition) is 2. The zero-order valence-electron chi connectivity index (χ0n) is 9.88. The van der Waals surface area contributed by atoms with Crippen molar-refractivity contribution in [3.63, 3.8) is 0 Å². The van der Waals surface area contributed by atoms with Crippen LogP contribution in [0, 0.1) is 11.2 Å². The normalized spacial score (nSPS) is 16.4. The minimum absolute atomic E-state index is 0.0850. The van der Waals surface area contributed by atoms with Gasteiger partial charge in [-0.25, -0.2) is 4.39 Å². The van der Waals surface area contributed by atoms with Crippen LogP contribution in [0.5, 0.6) is 0 Å². The molecule has 1 aliphatic carbocycles. The van der Waals surface area contributed by atoms with Crippen LogP contribution in [-0.2, 0) is 0 Å². The molecule has 98 valence electrons. The summed E-state index contributed by atoms with van der Waals surface area (Å²) in [6.45, 7) is 0.722. The SMILES string of the molecule is O=C(NCC1(CCO)CC1)c1ccc(F)c(Br)c1. The fourth-order valence-corrected chi connectivity index (χ4v) is 2.32. The van der Waals surface area contributed by atoms with Gasteiger partial charge in [-0.3, -0.25) is 4.79 Å². The summed E-state index contributed by atoms with van der Waals surface area (Å²) in [5.41, 5.74) is 0.518. The van der Waals surface area contributed by atoms with Gasteiger partial charge in [0.1, 0.15) is 5.82 Å². The maximum absolute atomic E-state index is 13.0. The zero-order chi connectivity index (χ0) is 13.2. The maximum Gasteiger partial charge on any atom is 0.251 e. The van der Waals surface area contributed by atoms with Gasteiger partial charge in [0, 0.05) is 18.7 Å². The van der Waals surface area contributed by atoms with Crippen LogP contribution in [-0.4, -0.2) is 24.2 Å². The lowest BCUT2D eigenvalue weighted by Crippen LogP contribution is -2.30. The van der Waals surface area contributed by atoms with Crippen LogP contribution in [0.25, 0.3) is 0 Å². The largest absolute Gasteiger partial charge is 0.396 e. The molecule has 1 aromatic carbocycles. The lowest BCUT2D eigenvalue weighted by Gasteiger charge is -2.14. The molecule has 0 saturated heterocycles. The smallest absolute Gasteiger partial charge is 0.251 e. The number of carbonyl (C=O) groups excluding carboxylic acids is 1. The van der Waals surface area contributed by atoms with Crippen LogP contribution < -0.4 is 5.32 Å². The van der Waals surface area contributed by atoms with Gasteiger partial charge in [0.15, 0.2) is 0 Å². The van der Waals surface area contributed by atoms with E-state index in [1.54, 1.807) is 0 Å². The Morgan fingerprint density at radius 3 is 2.78 bits per heavy atom. The molecule has 1 amide bonds. The summed E-state index contributed by atoms with van der Waals surface area (Å²) >= 11 is 3.05. The molecule has 18 heavy (non-hydrogen) atoms. The highest BCUT2D eigenvalue weighted by atomic mass is 79.9. The summed E-state index contributed by atoms with van der Waals surface area (Å²) in [7, 11) is 0. The third-order valence-electron chi connectivity index (χ3n) is 3.40. The Hall–Kier alpha value is -0.940. The number of carbonyl (C=O) groups is 1. The van der Waals surface area contributed by atoms with E-state index in [0.29, 0.717) is 12.1 Å². The number of benzene rings is 1. The van der Waals surface area contributed by atoms with Crippen molar-refractivity contribution in [3.05, 3.63) is 34.1 Å². The monoisotopic (exact) mass is 315 g/mol. The second kappa shape index (κ2) is 5.36. The Kier molecular flexibility index (Phi) is 4.02. The minimum atomic E-state index is -0.384. The average molecular weight is 316 g/mol. The van der Waals surface area contributed by atoms with Gasteiger partial charge >= 0.3 is 0 Å². The van der Waals surface area contributed by atoms with Crippen molar-refractivity contribution in [2.75, 3.05) is 13.2 Å². The van der Waals surface area contributed by atoms with Crippen molar-refractivity contribution >= 4 is 21.8 Å². The van der Waals surface area contributed by atoms with E-state index in [1.165, 1.54) is 18.2 Å². The Morgan fingerprint density at radius 1 is 1.50 bits per heavy atom. The Morgan fingerprint density at radius 2 is 2.22 bits per heavy atom. The van der Waals surface area contributed by atoms with Crippen LogP contribution in [0.15, 0.2) is 22.7 Å². The molecular formula is C13H15BrFNO2. The number of amides is 1. The van der Waals surface area contributed by atoms with E-state index in [1.807, 2.05) is 0 Å².